The number of carbonyl (C=O) groups is 1. The van der Waals surface area contributed by atoms with Crippen LogP contribution in [0.25, 0.3) is 0 Å². The van der Waals surface area contributed by atoms with Gasteiger partial charge >= 0.3 is 0 Å². The summed E-state index contributed by atoms with van der Waals surface area (Å²) in [6, 6.07) is 6.25. The van der Waals surface area contributed by atoms with Crippen LogP contribution in [0.15, 0.2) is 35.1 Å². The fourth-order valence-electron chi connectivity index (χ4n) is 2.46. The van der Waals surface area contributed by atoms with Gasteiger partial charge in [0.2, 0.25) is 5.95 Å². The van der Waals surface area contributed by atoms with Gasteiger partial charge in [-0.15, -0.1) is 0 Å². The first-order valence-electron chi connectivity index (χ1n) is 6.92. The van der Waals surface area contributed by atoms with Gasteiger partial charge in [-0.3, -0.25) is 30.1 Å². The zero-order valence-electron chi connectivity index (χ0n) is 12.4. The summed E-state index contributed by atoms with van der Waals surface area (Å²) in [6.07, 6.45) is 0. The number of nitro groups is 1. The third kappa shape index (κ3) is 2.86. The highest BCUT2D eigenvalue weighted by Crippen LogP contribution is 2.37. The van der Waals surface area contributed by atoms with E-state index < -0.39 is 16.5 Å². The molecule has 0 aliphatic carbocycles. The van der Waals surface area contributed by atoms with Crippen LogP contribution in [0.4, 0.5) is 11.6 Å². The number of hydrogen-bond acceptors (Lipinski definition) is 7. The van der Waals surface area contributed by atoms with E-state index in [1.807, 2.05) is 0 Å². The number of non-ortho nitro benzene ring substituents is 1. The number of nitrogens with zero attached hydrogens (tertiary/aromatic N) is 3. The average molecular weight is 350 g/mol. The molecule has 2 N–H and O–H groups in total. The summed E-state index contributed by atoms with van der Waals surface area (Å²) in [4.78, 5) is 40.5. The second-order valence-electron chi connectivity index (χ2n) is 5.25. The van der Waals surface area contributed by atoms with Crippen LogP contribution in [0.5, 0.6) is 0 Å². The van der Waals surface area contributed by atoms with Gasteiger partial charge in [0.25, 0.3) is 11.2 Å². The van der Waals surface area contributed by atoms with E-state index in [1.165, 1.54) is 29.3 Å². The summed E-state index contributed by atoms with van der Waals surface area (Å²) in [5, 5.41) is 12.3. The topological polar surface area (TPSA) is 121 Å². The van der Waals surface area contributed by atoms with Gasteiger partial charge in [0, 0.05) is 23.9 Å². The van der Waals surface area contributed by atoms with Gasteiger partial charge in [-0.2, -0.15) is 5.01 Å². The number of anilines is 1. The van der Waals surface area contributed by atoms with Crippen LogP contribution in [0, 0.1) is 17.0 Å². The Bertz CT molecular complexity index is 883. The Morgan fingerprint density at radius 1 is 1.38 bits per heavy atom. The molecule has 24 heavy (non-hydrogen) atoms. The molecule has 2 aromatic rings. The van der Waals surface area contributed by atoms with Crippen LogP contribution in [-0.4, -0.2) is 31.2 Å². The molecule has 0 bridgehead atoms. The predicted octanol–water partition coefficient (Wildman–Crippen LogP) is 1.50. The molecule has 0 radical (unpaired) electrons. The molecule has 0 saturated carbocycles. The number of ketones is 1. The van der Waals surface area contributed by atoms with Crippen molar-refractivity contribution in [1.29, 1.82) is 0 Å². The highest BCUT2D eigenvalue weighted by atomic mass is 35.5. The van der Waals surface area contributed by atoms with Crippen LogP contribution >= 0.6 is 11.6 Å². The maximum Gasteiger partial charge on any atom is 0.269 e. The van der Waals surface area contributed by atoms with Crippen LogP contribution in [0.1, 0.15) is 17.3 Å². The van der Waals surface area contributed by atoms with Crippen LogP contribution in [0.2, 0.25) is 0 Å². The molecule has 0 amide bonds. The maximum absolute atomic E-state index is 12.1. The number of nitrogens with one attached hydrogen (secondary N) is 2. The summed E-state index contributed by atoms with van der Waals surface area (Å²) in [6.45, 7) is 1.65. The fraction of sp³-hybridized carbons (Fsp3) is 0.214. The molecule has 124 valence electrons. The zero-order chi connectivity index (χ0) is 17.4. The minimum absolute atomic E-state index is 0.125. The van der Waals surface area contributed by atoms with Crippen LogP contribution < -0.4 is 11.0 Å². The second kappa shape index (κ2) is 6.02. The average Bonchev–Trinajstić information content (AvgIpc) is 2.53. The molecule has 2 heterocycles. The van der Waals surface area contributed by atoms with Crippen molar-refractivity contribution in [3.8, 4) is 0 Å². The van der Waals surface area contributed by atoms with Crippen molar-refractivity contribution in [3.05, 3.63) is 62.1 Å². The van der Waals surface area contributed by atoms with Crippen LogP contribution in [-0.2, 0) is 4.79 Å². The zero-order valence-corrected chi connectivity index (χ0v) is 13.1. The molecule has 1 aromatic carbocycles. The Kier molecular flexibility index (Phi) is 4.04. The fourth-order valence-corrected chi connectivity index (χ4v) is 2.74. The predicted molar refractivity (Wildman–Crippen MR) is 85.5 cm³/mol. The molecule has 9 nitrogen and oxygen atoms in total. The minimum atomic E-state index is -0.972. The third-order valence-corrected chi connectivity index (χ3v) is 3.95. The number of nitro benzene ring substituents is 1. The van der Waals surface area contributed by atoms with E-state index in [0.29, 0.717) is 11.3 Å². The molecule has 1 aromatic heterocycles. The normalized spacial score (nSPS) is 20.5. The highest BCUT2D eigenvalue weighted by molar-refractivity contribution is 6.34. The van der Waals surface area contributed by atoms with E-state index in [2.05, 4.69) is 15.4 Å². The molecule has 1 fully saturated rings. The molecule has 0 spiro atoms. The van der Waals surface area contributed by atoms with E-state index in [-0.39, 0.29) is 23.0 Å². The number of alkyl halides is 1. The lowest BCUT2D eigenvalue weighted by Gasteiger charge is -2.43. The Hall–Kier alpha value is -2.78. The molecule has 2 unspecified atom stereocenters. The molecule has 3 rings (SSSR count). The summed E-state index contributed by atoms with van der Waals surface area (Å²) in [5.74, 6) is -0.173. The molecule has 1 saturated heterocycles. The smallest absolute Gasteiger partial charge is 0.269 e. The molecule has 10 heteroatoms. The van der Waals surface area contributed by atoms with E-state index in [0.717, 1.165) is 0 Å². The molecular weight excluding hydrogens is 338 g/mol. The van der Waals surface area contributed by atoms with E-state index >= 15 is 0 Å². The van der Waals surface area contributed by atoms with E-state index in [9.17, 15) is 19.7 Å². The van der Waals surface area contributed by atoms with Gasteiger partial charge in [-0.1, -0.05) is 23.7 Å². The number of hydrazine groups is 1. The number of benzene rings is 1. The summed E-state index contributed by atoms with van der Waals surface area (Å²) >= 11 is 6.00. The van der Waals surface area contributed by atoms with Crippen molar-refractivity contribution in [2.24, 2.45) is 0 Å². The molecule has 1 aliphatic rings. The van der Waals surface area contributed by atoms with Crippen molar-refractivity contribution in [1.82, 2.24) is 15.0 Å². The Morgan fingerprint density at radius 3 is 2.79 bits per heavy atom. The number of aromatic nitrogens is 2. The number of carbonyl (C=O) groups excluding carboxylic acids is 1. The number of aryl methyl sites for hydroxylation is 1. The SMILES string of the molecule is Cc1cc(=O)[nH]c(NN2C(Cl)C(=O)C2c2cccc([N+](=O)[O-])c2)n1. The van der Waals surface area contributed by atoms with Crippen molar-refractivity contribution in [2.45, 2.75) is 18.5 Å². The maximum atomic E-state index is 12.1. The third-order valence-electron chi connectivity index (χ3n) is 3.53. The molecular formula is C14H12ClN5O4. The number of hydrogen-bond donors (Lipinski definition) is 2. The summed E-state index contributed by atoms with van der Waals surface area (Å²) < 4.78 is 0. The standard InChI is InChI=1S/C14H12ClN5O4/c1-7-5-10(21)17-14(16-7)18-19-11(12(22)13(19)15)8-3-2-4-9(6-8)20(23)24/h2-6,11,13H,1H3,(H2,16,17,18,21). The number of aromatic amines is 1. The van der Waals surface area contributed by atoms with E-state index in [4.69, 9.17) is 11.6 Å². The van der Waals surface area contributed by atoms with Crippen molar-refractivity contribution in [2.75, 3.05) is 5.43 Å². The van der Waals surface area contributed by atoms with Crippen molar-refractivity contribution < 1.29 is 9.72 Å². The van der Waals surface area contributed by atoms with Gasteiger partial charge in [-0.25, -0.2) is 4.98 Å². The summed E-state index contributed by atoms with van der Waals surface area (Å²) in [5.41, 5.74) is 2.25. The minimum Gasteiger partial charge on any atom is -0.294 e. The lowest BCUT2D eigenvalue weighted by molar-refractivity contribution is -0.384. The lowest BCUT2D eigenvalue weighted by atomic mass is 9.94. The van der Waals surface area contributed by atoms with E-state index in [1.54, 1.807) is 13.0 Å². The quantitative estimate of drug-likeness (QED) is 0.371. The first-order chi connectivity index (χ1) is 11.4. The number of H-pyrrole nitrogens is 1. The Balaban J connectivity index is 1.90. The van der Waals surface area contributed by atoms with Gasteiger partial charge in [0.05, 0.1) is 4.92 Å². The second-order valence-corrected chi connectivity index (χ2v) is 5.66. The molecule has 2 atom stereocenters. The van der Waals surface area contributed by atoms with Gasteiger partial charge < -0.3 is 0 Å². The highest BCUT2D eigenvalue weighted by Gasteiger charge is 2.48. The first-order valence-corrected chi connectivity index (χ1v) is 7.35. The number of Topliss-reactive ketones (excluding diaryl/α,β-unsaturated/α-hetero) is 1. The van der Waals surface area contributed by atoms with Gasteiger partial charge in [0.15, 0.2) is 11.3 Å². The van der Waals surface area contributed by atoms with Crippen molar-refractivity contribution in [3.63, 3.8) is 0 Å². The number of halogens is 1. The number of rotatable bonds is 4. The first kappa shape index (κ1) is 16.1. The summed E-state index contributed by atoms with van der Waals surface area (Å²) in [7, 11) is 0. The van der Waals surface area contributed by atoms with Crippen molar-refractivity contribution >= 4 is 29.0 Å². The van der Waals surface area contributed by atoms with Gasteiger partial charge in [-0.05, 0) is 12.5 Å². The monoisotopic (exact) mass is 349 g/mol. The largest absolute Gasteiger partial charge is 0.294 e. The van der Waals surface area contributed by atoms with Gasteiger partial charge in [0.1, 0.15) is 6.04 Å². The molecule has 1 aliphatic heterocycles. The van der Waals surface area contributed by atoms with Crippen LogP contribution in [0.3, 0.4) is 0 Å². The Morgan fingerprint density at radius 2 is 2.12 bits per heavy atom. The lowest BCUT2D eigenvalue weighted by Crippen LogP contribution is -2.59. The Labute approximate surface area is 140 Å².